The number of aliphatic hydroxyl groups excluding tert-OH is 1. The van der Waals surface area contributed by atoms with Gasteiger partial charge in [0.25, 0.3) is 11.6 Å². The van der Waals surface area contributed by atoms with Crippen molar-refractivity contribution in [2.75, 3.05) is 13.1 Å². The summed E-state index contributed by atoms with van der Waals surface area (Å²) in [5.41, 5.74) is 0.571. The minimum absolute atomic E-state index is 0.0740. The summed E-state index contributed by atoms with van der Waals surface area (Å²) in [6.07, 6.45) is 0.924. The molecule has 1 saturated heterocycles. The molecule has 20 heavy (non-hydrogen) atoms. The summed E-state index contributed by atoms with van der Waals surface area (Å²) < 4.78 is 0. The van der Waals surface area contributed by atoms with Crippen LogP contribution in [0.4, 0.5) is 5.69 Å². The van der Waals surface area contributed by atoms with E-state index in [0.29, 0.717) is 18.5 Å². The zero-order chi connectivity index (χ0) is 14.7. The van der Waals surface area contributed by atoms with Gasteiger partial charge in [0.15, 0.2) is 0 Å². The van der Waals surface area contributed by atoms with Crippen LogP contribution in [-0.2, 0) is 4.79 Å². The quantitative estimate of drug-likeness (QED) is 0.516. The number of β-amino-alcohol motifs (C(OH)–C–C–N with tert-alkyl or cyclic N) is 1. The lowest BCUT2D eigenvalue weighted by atomic mass is 10.0. The highest BCUT2D eigenvalue weighted by molar-refractivity contribution is 6.18. The number of piperidine rings is 1. The van der Waals surface area contributed by atoms with Gasteiger partial charge in [-0.05, 0) is 18.4 Å². The van der Waals surface area contributed by atoms with E-state index in [1.165, 1.54) is 23.1 Å². The second-order valence-electron chi connectivity index (χ2n) is 4.83. The molecule has 1 heterocycles. The molecular weight excluding hydrogens is 260 g/mol. The van der Waals surface area contributed by atoms with Crippen LogP contribution in [-0.4, -0.2) is 40.0 Å². The molecule has 0 aromatic heterocycles. The molecule has 1 aromatic carbocycles. The molecular formula is C14H16N2O4. The van der Waals surface area contributed by atoms with Gasteiger partial charge in [0.05, 0.1) is 11.0 Å². The van der Waals surface area contributed by atoms with Crippen LogP contribution in [0.15, 0.2) is 30.8 Å². The summed E-state index contributed by atoms with van der Waals surface area (Å²) in [5, 5.41) is 20.3. The van der Waals surface area contributed by atoms with Gasteiger partial charge in [-0.2, -0.15) is 0 Å². The number of amides is 1. The topological polar surface area (TPSA) is 83.7 Å². The predicted molar refractivity (Wildman–Crippen MR) is 74.0 cm³/mol. The molecule has 1 aliphatic rings. The van der Waals surface area contributed by atoms with Gasteiger partial charge in [0.1, 0.15) is 0 Å². The Morgan fingerprint density at radius 2 is 2.25 bits per heavy atom. The lowest BCUT2D eigenvalue weighted by molar-refractivity contribution is -0.384. The summed E-state index contributed by atoms with van der Waals surface area (Å²) in [5.74, 6) is -0.288. The van der Waals surface area contributed by atoms with E-state index in [4.69, 9.17) is 0 Å². The molecule has 6 heteroatoms. The molecule has 1 fully saturated rings. The SMILES string of the molecule is C=C(C(=O)N1CCCC(O)C1)c1cccc([N+](=O)[O-])c1. The van der Waals surface area contributed by atoms with Crippen molar-refractivity contribution >= 4 is 17.2 Å². The van der Waals surface area contributed by atoms with Gasteiger partial charge >= 0.3 is 0 Å². The van der Waals surface area contributed by atoms with Crippen molar-refractivity contribution in [1.82, 2.24) is 4.90 Å². The van der Waals surface area contributed by atoms with Crippen LogP contribution in [0.5, 0.6) is 0 Å². The van der Waals surface area contributed by atoms with Crippen LogP contribution in [0, 0.1) is 10.1 Å². The number of carbonyl (C=O) groups is 1. The Hall–Kier alpha value is -2.21. The van der Waals surface area contributed by atoms with Crippen LogP contribution in [0.1, 0.15) is 18.4 Å². The van der Waals surface area contributed by atoms with E-state index in [1.54, 1.807) is 6.07 Å². The Morgan fingerprint density at radius 1 is 1.50 bits per heavy atom. The third kappa shape index (κ3) is 3.03. The van der Waals surface area contributed by atoms with E-state index in [0.717, 1.165) is 6.42 Å². The smallest absolute Gasteiger partial charge is 0.270 e. The molecule has 0 radical (unpaired) electrons. The molecule has 1 N–H and O–H groups in total. The molecule has 106 valence electrons. The van der Waals surface area contributed by atoms with Crippen molar-refractivity contribution in [2.24, 2.45) is 0 Å². The summed E-state index contributed by atoms with van der Waals surface area (Å²) in [6.45, 7) is 4.59. The predicted octanol–water partition coefficient (Wildman–Crippen LogP) is 1.59. The second-order valence-corrected chi connectivity index (χ2v) is 4.83. The fourth-order valence-corrected chi connectivity index (χ4v) is 2.26. The average molecular weight is 276 g/mol. The number of nitro benzene ring substituents is 1. The Labute approximate surface area is 116 Å². The first kappa shape index (κ1) is 14.2. The van der Waals surface area contributed by atoms with Crippen LogP contribution < -0.4 is 0 Å². The molecule has 1 amide bonds. The number of nitro groups is 1. The Bertz CT molecular complexity index is 556. The number of benzene rings is 1. The zero-order valence-electron chi connectivity index (χ0n) is 11.0. The van der Waals surface area contributed by atoms with Gasteiger partial charge in [-0.3, -0.25) is 14.9 Å². The molecule has 0 saturated carbocycles. The van der Waals surface area contributed by atoms with E-state index < -0.39 is 11.0 Å². The largest absolute Gasteiger partial charge is 0.391 e. The van der Waals surface area contributed by atoms with Gasteiger partial charge in [0.2, 0.25) is 0 Å². The number of nitrogens with zero attached hydrogens (tertiary/aromatic N) is 2. The van der Waals surface area contributed by atoms with Gasteiger partial charge < -0.3 is 10.0 Å². The van der Waals surface area contributed by atoms with Crippen molar-refractivity contribution in [2.45, 2.75) is 18.9 Å². The van der Waals surface area contributed by atoms with Crippen LogP contribution >= 0.6 is 0 Å². The summed E-state index contributed by atoms with van der Waals surface area (Å²) in [6, 6.07) is 5.84. The van der Waals surface area contributed by atoms with E-state index >= 15 is 0 Å². The average Bonchev–Trinajstić information content (AvgIpc) is 2.45. The molecule has 6 nitrogen and oxygen atoms in total. The number of likely N-dealkylation sites (tertiary alicyclic amines) is 1. The number of carbonyl (C=O) groups excluding carboxylic acids is 1. The van der Waals surface area contributed by atoms with Gasteiger partial charge in [0, 0.05) is 30.8 Å². The molecule has 2 rings (SSSR count). The lowest BCUT2D eigenvalue weighted by Gasteiger charge is -2.30. The maximum absolute atomic E-state index is 12.3. The maximum atomic E-state index is 12.3. The van der Waals surface area contributed by atoms with Gasteiger partial charge in [-0.1, -0.05) is 18.7 Å². The molecule has 1 aromatic rings. The van der Waals surface area contributed by atoms with Crippen molar-refractivity contribution in [3.05, 3.63) is 46.5 Å². The zero-order valence-corrected chi connectivity index (χ0v) is 11.0. The molecule has 1 atom stereocenters. The Kier molecular flexibility index (Phi) is 4.14. The molecule has 0 aliphatic carbocycles. The fourth-order valence-electron chi connectivity index (χ4n) is 2.26. The number of hydrogen-bond donors (Lipinski definition) is 1. The van der Waals surface area contributed by atoms with E-state index in [2.05, 4.69) is 6.58 Å². The van der Waals surface area contributed by atoms with Crippen molar-refractivity contribution in [1.29, 1.82) is 0 Å². The highest BCUT2D eigenvalue weighted by atomic mass is 16.6. The highest BCUT2D eigenvalue weighted by Crippen LogP contribution is 2.22. The van der Waals surface area contributed by atoms with E-state index in [9.17, 15) is 20.0 Å². The number of non-ortho nitro benzene ring substituents is 1. The number of aliphatic hydroxyl groups is 1. The van der Waals surface area contributed by atoms with Crippen molar-refractivity contribution < 1.29 is 14.8 Å². The summed E-state index contributed by atoms with van der Waals surface area (Å²) in [4.78, 5) is 24.0. The van der Waals surface area contributed by atoms with Gasteiger partial charge in [-0.15, -0.1) is 0 Å². The Morgan fingerprint density at radius 3 is 2.90 bits per heavy atom. The van der Waals surface area contributed by atoms with Crippen LogP contribution in [0.25, 0.3) is 5.57 Å². The standard InChI is InChI=1S/C14H16N2O4/c1-10(11-4-2-5-12(8-11)16(19)20)14(18)15-7-3-6-13(17)9-15/h2,4-5,8,13,17H,1,3,6-7,9H2. The van der Waals surface area contributed by atoms with Crippen molar-refractivity contribution in [3.8, 4) is 0 Å². The molecule has 0 spiro atoms. The van der Waals surface area contributed by atoms with E-state index in [1.807, 2.05) is 0 Å². The molecule has 1 aliphatic heterocycles. The van der Waals surface area contributed by atoms with Crippen molar-refractivity contribution in [3.63, 3.8) is 0 Å². The lowest BCUT2D eigenvalue weighted by Crippen LogP contribution is -2.42. The first-order valence-electron chi connectivity index (χ1n) is 6.40. The number of rotatable bonds is 3. The van der Waals surface area contributed by atoms with Crippen LogP contribution in [0.2, 0.25) is 0 Å². The van der Waals surface area contributed by atoms with Crippen LogP contribution in [0.3, 0.4) is 0 Å². The second kappa shape index (κ2) is 5.83. The maximum Gasteiger partial charge on any atom is 0.270 e. The first-order chi connectivity index (χ1) is 9.49. The fraction of sp³-hybridized carbons (Fsp3) is 0.357. The normalized spacial score (nSPS) is 18.6. The molecule has 0 bridgehead atoms. The minimum atomic E-state index is -0.509. The number of hydrogen-bond acceptors (Lipinski definition) is 4. The minimum Gasteiger partial charge on any atom is -0.391 e. The first-order valence-corrected chi connectivity index (χ1v) is 6.40. The monoisotopic (exact) mass is 276 g/mol. The van der Waals surface area contributed by atoms with E-state index in [-0.39, 0.29) is 23.7 Å². The Balaban J connectivity index is 2.16. The highest BCUT2D eigenvalue weighted by Gasteiger charge is 2.24. The third-order valence-corrected chi connectivity index (χ3v) is 3.35. The third-order valence-electron chi connectivity index (χ3n) is 3.35. The molecule has 1 unspecified atom stereocenters. The summed E-state index contributed by atoms with van der Waals surface area (Å²) in [7, 11) is 0. The van der Waals surface area contributed by atoms with Gasteiger partial charge in [-0.25, -0.2) is 0 Å². The summed E-state index contributed by atoms with van der Waals surface area (Å²) >= 11 is 0.